The predicted molar refractivity (Wildman–Crippen MR) is 47.3 cm³/mol. The summed E-state index contributed by atoms with van der Waals surface area (Å²) in [6, 6.07) is 1.81. The number of hydrogen-bond donors (Lipinski definition) is 0. The van der Waals surface area contributed by atoms with Crippen LogP contribution in [0.4, 0.5) is 8.78 Å². The number of aromatic nitrogens is 2. The first-order chi connectivity index (χ1) is 6.66. The number of rotatable bonds is 2. The molecule has 74 valence electrons. The minimum atomic E-state index is -2.71. The molecule has 0 aliphatic carbocycles. The molecule has 2 aromatic rings. The predicted octanol–water partition coefficient (Wildman–Crippen LogP) is 3.04. The van der Waals surface area contributed by atoms with Gasteiger partial charge in [-0.25, -0.2) is 0 Å². The molecule has 0 aliphatic rings. The molecule has 0 aliphatic heterocycles. The zero-order valence-electron chi connectivity index (χ0n) is 7.20. The Balaban J connectivity index is 2.33. The van der Waals surface area contributed by atoms with Crippen LogP contribution in [0.1, 0.15) is 17.2 Å². The molecule has 0 spiro atoms. The van der Waals surface area contributed by atoms with E-state index >= 15 is 0 Å². The van der Waals surface area contributed by atoms with E-state index in [0.717, 1.165) is 4.88 Å². The quantitative estimate of drug-likeness (QED) is 0.774. The van der Waals surface area contributed by atoms with Gasteiger partial charge in [-0.05, 0) is 13.0 Å². The molecule has 0 unspecified atom stereocenters. The lowest BCUT2D eigenvalue weighted by Crippen LogP contribution is -1.81. The maximum absolute atomic E-state index is 12.1. The Morgan fingerprint density at radius 3 is 2.71 bits per heavy atom. The zero-order chi connectivity index (χ0) is 10.1. The van der Waals surface area contributed by atoms with Crippen molar-refractivity contribution in [1.29, 1.82) is 0 Å². The highest BCUT2D eigenvalue weighted by Crippen LogP contribution is 2.26. The lowest BCUT2D eigenvalue weighted by molar-refractivity contribution is 0.116. The van der Waals surface area contributed by atoms with Gasteiger partial charge >= 0.3 is 6.43 Å². The van der Waals surface area contributed by atoms with Crippen molar-refractivity contribution >= 4 is 11.3 Å². The lowest BCUT2D eigenvalue weighted by Gasteiger charge is -1.87. The first-order valence-electron chi connectivity index (χ1n) is 3.84. The Kier molecular flexibility index (Phi) is 2.28. The Bertz CT molecular complexity index is 438. The van der Waals surface area contributed by atoms with Crippen LogP contribution in [0, 0.1) is 6.92 Å². The average molecular weight is 216 g/mol. The second kappa shape index (κ2) is 3.45. The molecule has 0 radical (unpaired) electrons. The SMILES string of the molecule is Cc1cc(-c2nnc(C(F)F)o2)cs1. The summed E-state index contributed by atoms with van der Waals surface area (Å²) in [6.07, 6.45) is -2.71. The number of alkyl halides is 2. The molecule has 0 amide bonds. The van der Waals surface area contributed by atoms with Crippen LogP contribution in [0.25, 0.3) is 11.5 Å². The summed E-state index contributed by atoms with van der Waals surface area (Å²) in [6.45, 7) is 1.92. The standard InChI is InChI=1S/C8H6F2N2OS/c1-4-2-5(3-14-4)7-11-12-8(13-7)6(9)10/h2-3,6H,1H3. The van der Waals surface area contributed by atoms with E-state index in [-0.39, 0.29) is 5.89 Å². The van der Waals surface area contributed by atoms with Gasteiger partial charge in [0.25, 0.3) is 5.89 Å². The summed E-state index contributed by atoms with van der Waals surface area (Å²) in [7, 11) is 0. The third kappa shape index (κ3) is 1.65. The van der Waals surface area contributed by atoms with E-state index in [1.54, 1.807) is 5.38 Å². The van der Waals surface area contributed by atoms with Gasteiger partial charge in [-0.3, -0.25) is 0 Å². The van der Waals surface area contributed by atoms with Crippen molar-refractivity contribution in [2.24, 2.45) is 0 Å². The van der Waals surface area contributed by atoms with Crippen LogP contribution >= 0.6 is 11.3 Å². The smallest absolute Gasteiger partial charge is 0.314 e. The third-order valence-electron chi connectivity index (χ3n) is 1.60. The van der Waals surface area contributed by atoms with Crippen molar-refractivity contribution in [2.45, 2.75) is 13.3 Å². The normalized spacial score (nSPS) is 11.1. The van der Waals surface area contributed by atoms with Crippen molar-refractivity contribution in [3.05, 3.63) is 22.2 Å². The number of aryl methyl sites for hydroxylation is 1. The molecular weight excluding hydrogens is 210 g/mol. The fourth-order valence-electron chi connectivity index (χ4n) is 0.995. The van der Waals surface area contributed by atoms with E-state index in [9.17, 15) is 8.78 Å². The van der Waals surface area contributed by atoms with Crippen molar-refractivity contribution in [3.8, 4) is 11.5 Å². The van der Waals surface area contributed by atoms with Gasteiger partial charge in [-0.1, -0.05) is 0 Å². The first-order valence-corrected chi connectivity index (χ1v) is 4.72. The lowest BCUT2D eigenvalue weighted by atomic mass is 10.3. The van der Waals surface area contributed by atoms with E-state index in [0.29, 0.717) is 5.56 Å². The third-order valence-corrected chi connectivity index (χ3v) is 2.47. The fourth-order valence-corrected chi connectivity index (χ4v) is 1.67. The molecule has 6 heteroatoms. The summed E-state index contributed by atoms with van der Waals surface area (Å²) < 4.78 is 29.0. The largest absolute Gasteiger partial charge is 0.415 e. The molecule has 0 N–H and O–H groups in total. The van der Waals surface area contributed by atoms with Crippen LogP contribution in [0.15, 0.2) is 15.9 Å². The minimum absolute atomic E-state index is 0.143. The molecule has 0 atom stereocenters. The van der Waals surface area contributed by atoms with E-state index < -0.39 is 12.3 Å². The second-order valence-corrected chi connectivity index (χ2v) is 3.81. The summed E-state index contributed by atoms with van der Waals surface area (Å²) in [4.78, 5) is 1.07. The maximum atomic E-state index is 12.1. The van der Waals surface area contributed by atoms with Crippen molar-refractivity contribution in [2.75, 3.05) is 0 Å². The Labute approximate surface area is 82.4 Å². The Morgan fingerprint density at radius 2 is 2.21 bits per heavy atom. The van der Waals surface area contributed by atoms with Gasteiger partial charge in [0.15, 0.2) is 0 Å². The average Bonchev–Trinajstić information content (AvgIpc) is 2.70. The monoisotopic (exact) mass is 216 g/mol. The molecule has 2 rings (SSSR count). The summed E-state index contributed by atoms with van der Waals surface area (Å²) in [5.41, 5.74) is 0.687. The van der Waals surface area contributed by atoms with Crippen LogP contribution in [-0.4, -0.2) is 10.2 Å². The van der Waals surface area contributed by atoms with E-state index in [1.807, 2.05) is 13.0 Å². The van der Waals surface area contributed by atoms with Crippen molar-refractivity contribution in [1.82, 2.24) is 10.2 Å². The molecule has 0 aromatic carbocycles. The van der Waals surface area contributed by atoms with E-state index in [4.69, 9.17) is 4.42 Å². The fraction of sp³-hybridized carbons (Fsp3) is 0.250. The van der Waals surface area contributed by atoms with Gasteiger partial charge in [0.05, 0.1) is 0 Å². The van der Waals surface area contributed by atoms with Crippen LogP contribution in [0.3, 0.4) is 0 Å². The molecule has 0 saturated heterocycles. The van der Waals surface area contributed by atoms with E-state index in [2.05, 4.69) is 10.2 Å². The van der Waals surface area contributed by atoms with Gasteiger partial charge in [0.1, 0.15) is 0 Å². The summed E-state index contributed by atoms with van der Waals surface area (Å²) in [5.74, 6) is -0.492. The first kappa shape index (κ1) is 9.26. The summed E-state index contributed by atoms with van der Waals surface area (Å²) in [5, 5.41) is 8.56. The number of thiophene rings is 1. The molecule has 2 heterocycles. The molecular formula is C8H6F2N2OS. The van der Waals surface area contributed by atoms with Crippen molar-refractivity contribution in [3.63, 3.8) is 0 Å². The summed E-state index contributed by atoms with van der Waals surface area (Å²) >= 11 is 1.50. The molecule has 0 saturated carbocycles. The van der Waals surface area contributed by atoms with Gasteiger partial charge < -0.3 is 4.42 Å². The Hall–Kier alpha value is -1.30. The van der Waals surface area contributed by atoms with Gasteiger partial charge in [0.2, 0.25) is 5.89 Å². The van der Waals surface area contributed by atoms with Crippen LogP contribution in [0.2, 0.25) is 0 Å². The van der Waals surface area contributed by atoms with Gasteiger partial charge in [-0.15, -0.1) is 21.5 Å². The molecule has 0 bridgehead atoms. The van der Waals surface area contributed by atoms with Crippen LogP contribution in [0.5, 0.6) is 0 Å². The van der Waals surface area contributed by atoms with Gasteiger partial charge in [-0.2, -0.15) is 8.78 Å². The van der Waals surface area contributed by atoms with E-state index in [1.165, 1.54) is 11.3 Å². The number of hydrogen-bond acceptors (Lipinski definition) is 4. The minimum Gasteiger partial charge on any atom is -0.415 e. The number of nitrogens with zero attached hydrogens (tertiary/aromatic N) is 2. The topological polar surface area (TPSA) is 38.9 Å². The molecule has 14 heavy (non-hydrogen) atoms. The maximum Gasteiger partial charge on any atom is 0.314 e. The highest BCUT2D eigenvalue weighted by molar-refractivity contribution is 7.10. The molecule has 0 fully saturated rings. The second-order valence-electron chi connectivity index (χ2n) is 2.69. The van der Waals surface area contributed by atoms with Crippen LogP contribution in [-0.2, 0) is 0 Å². The zero-order valence-corrected chi connectivity index (χ0v) is 8.02. The molecule has 3 nitrogen and oxygen atoms in total. The molecule has 2 aromatic heterocycles. The number of halogens is 2. The van der Waals surface area contributed by atoms with Gasteiger partial charge in [0, 0.05) is 15.8 Å². The Morgan fingerprint density at radius 1 is 1.43 bits per heavy atom. The highest BCUT2D eigenvalue weighted by atomic mass is 32.1. The highest BCUT2D eigenvalue weighted by Gasteiger charge is 2.17. The van der Waals surface area contributed by atoms with Crippen molar-refractivity contribution < 1.29 is 13.2 Å². The van der Waals surface area contributed by atoms with Crippen LogP contribution < -0.4 is 0 Å².